The summed E-state index contributed by atoms with van der Waals surface area (Å²) in [6, 6.07) is 3.25. The molecule has 1 aromatic rings. The lowest BCUT2D eigenvalue weighted by molar-refractivity contribution is -0.128. The highest BCUT2D eigenvalue weighted by Gasteiger charge is 2.33. The van der Waals surface area contributed by atoms with Crippen molar-refractivity contribution in [1.82, 2.24) is 15.2 Å². The monoisotopic (exact) mass is 330 g/mol. The molecule has 2 fully saturated rings. The van der Waals surface area contributed by atoms with E-state index in [4.69, 9.17) is 0 Å². The second kappa shape index (κ2) is 7.20. The third kappa shape index (κ3) is 4.04. The third-order valence-corrected chi connectivity index (χ3v) is 4.57. The Labute approximate surface area is 143 Å². The van der Waals surface area contributed by atoms with E-state index in [9.17, 15) is 9.59 Å². The molecule has 0 aromatic carbocycles. The van der Waals surface area contributed by atoms with E-state index in [1.165, 1.54) is 12.8 Å². The number of hydrogen-bond acceptors (Lipinski definition) is 4. The summed E-state index contributed by atoms with van der Waals surface area (Å²) in [7, 11) is 0. The van der Waals surface area contributed by atoms with Crippen LogP contribution in [0.2, 0.25) is 0 Å². The van der Waals surface area contributed by atoms with E-state index in [2.05, 4.69) is 29.5 Å². The van der Waals surface area contributed by atoms with Crippen molar-refractivity contribution in [3.8, 4) is 0 Å². The largest absolute Gasteiger partial charge is 0.370 e. The molecule has 0 bridgehead atoms. The minimum absolute atomic E-state index is 0.0565. The van der Waals surface area contributed by atoms with Gasteiger partial charge in [-0.3, -0.25) is 9.59 Å². The molecule has 0 spiro atoms. The summed E-state index contributed by atoms with van der Waals surface area (Å²) in [6.07, 6.45) is 4.86. The van der Waals surface area contributed by atoms with Gasteiger partial charge in [-0.1, -0.05) is 13.8 Å². The quantitative estimate of drug-likeness (QED) is 0.835. The standard InChI is InChI=1S/C18H26N4O2/c1-12(2)9-15-17(23)19-7-8-22(15)18(24)14-5-6-16(21-11-14)20-10-13-3-4-13/h5-6,11-13,15H,3-4,7-10H2,1-2H3,(H,19,23)(H,20,21). The Bertz CT molecular complexity index is 596. The van der Waals surface area contributed by atoms with E-state index in [0.29, 0.717) is 31.0 Å². The molecule has 2 amide bonds. The van der Waals surface area contributed by atoms with Gasteiger partial charge in [0.25, 0.3) is 5.91 Å². The number of carbonyl (C=O) groups is 2. The Kier molecular flexibility index (Phi) is 5.02. The highest BCUT2D eigenvalue weighted by atomic mass is 16.2. The van der Waals surface area contributed by atoms with E-state index in [1.807, 2.05) is 6.07 Å². The minimum atomic E-state index is -0.390. The Hall–Kier alpha value is -2.11. The number of nitrogens with zero attached hydrogens (tertiary/aromatic N) is 2. The van der Waals surface area contributed by atoms with Gasteiger partial charge in [-0.25, -0.2) is 4.98 Å². The van der Waals surface area contributed by atoms with E-state index in [1.54, 1.807) is 17.2 Å². The number of pyridine rings is 1. The fraction of sp³-hybridized carbons (Fsp3) is 0.611. The van der Waals surface area contributed by atoms with Gasteiger partial charge >= 0.3 is 0 Å². The second-order valence-corrected chi connectivity index (χ2v) is 7.19. The van der Waals surface area contributed by atoms with Crippen LogP contribution in [0.1, 0.15) is 43.5 Å². The third-order valence-electron chi connectivity index (χ3n) is 4.57. The Morgan fingerprint density at radius 1 is 1.42 bits per heavy atom. The van der Waals surface area contributed by atoms with Crippen molar-refractivity contribution in [2.45, 2.75) is 39.2 Å². The Morgan fingerprint density at radius 3 is 2.83 bits per heavy atom. The molecule has 2 aliphatic rings. The molecule has 6 heteroatoms. The summed E-state index contributed by atoms with van der Waals surface area (Å²) in [6.45, 7) is 6.12. The fourth-order valence-electron chi connectivity index (χ4n) is 3.00. The van der Waals surface area contributed by atoms with Crippen molar-refractivity contribution >= 4 is 17.6 Å². The van der Waals surface area contributed by atoms with Crippen LogP contribution in [0.5, 0.6) is 0 Å². The highest BCUT2D eigenvalue weighted by Crippen LogP contribution is 2.28. The average molecular weight is 330 g/mol. The van der Waals surface area contributed by atoms with Gasteiger partial charge in [-0.05, 0) is 43.2 Å². The fourth-order valence-corrected chi connectivity index (χ4v) is 3.00. The van der Waals surface area contributed by atoms with Gasteiger partial charge in [0.2, 0.25) is 5.91 Å². The van der Waals surface area contributed by atoms with Gasteiger partial charge in [0.15, 0.2) is 0 Å². The van der Waals surface area contributed by atoms with Crippen LogP contribution in [0.4, 0.5) is 5.82 Å². The Balaban J connectivity index is 1.67. The number of piperazine rings is 1. The molecule has 2 heterocycles. The summed E-state index contributed by atoms with van der Waals surface area (Å²) >= 11 is 0. The van der Waals surface area contributed by atoms with Crippen LogP contribution in [0.25, 0.3) is 0 Å². The zero-order chi connectivity index (χ0) is 17.1. The van der Waals surface area contributed by atoms with Crippen molar-refractivity contribution in [2.75, 3.05) is 25.0 Å². The maximum Gasteiger partial charge on any atom is 0.256 e. The molecule has 2 N–H and O–H groups in total. The molecule has 1 saturated carbocycles. The molecule has 1 unspecified atom stereocenters. The van der Waals surface area contributed by atoms with Crippen LogP contribution in [-0.2, 0) is 4.79 Å². The lowest BCUT2D eigenvalue weighted by atomic mass is 9.99. The van der Waals surface area contributed by atoms with Crippen molar-refractivity contribution in [1.29, 1.82) is 0 Å². The number of aromatic nitrogens is 1. The number of rotatable bonds is 6. The van der Waals surface area contributed by atoms with Gasteiger partial charge in [0.05, 0.1) is 5.56 Å². The number of anilines is 1. The molecule has 0 radical (unpaired) electrons. The lowest BCUT2D eigenvalue weighted by Gasteiger charge is -2.36. The minimum Gasteiger partial charge on any atom is -0.370 e. The average Bonchev–Trinajstić information content (AvgIpc) is 3.39. The van der Waals surface area contributed by atoms with E-state index < -0.39 is 0 Å². The summed E-state index contributed by atoms with van der Waals surface area (Å²) in [4.78, 5) is 31.0. The van der Waals surface area contributed by atoms with Crippen molar-refractivity contribution in [3.05, 3.63) is 23.9 Å². The molecule has 1 atom stereocenters. The molecular formula is C18H26N4O2. The van der Waals surface area contributed by atoms with Crippen LogP contribution in [0.3, 0.4) is 0 Å². The smallest absolute Gasteiger partial charge is 0.256 e. The number of carbonyl (C=O) groups excluding carboxylic acids is 2. The van der Waals surface area contributed by atoms with Crippen molar-refractivity contribution in [2.24, 2.45) is 11.8 Å². The maximum atomic E-state index is 12.8. The first kappa shape index (κ1) is 16.7. The van der Waals surface area contributed by atoms with Crippen LogP contribution < -0.4 is 10.6 Å². The van der Waals surface area contributed by atoms with Gasteiger partial charge in [-0.2, -0.15) is 0 Å². The Morgan fingerprint density at radius 2 is 2.21 bits per heavy atom. The molecule has 24 heavy (non-hydrogen) atoms. The SMILES string of the molecule is CC(C)CC1C(=O)NCCN1C(=O)c1ccc(NCC2CC2)nc1. The predicted octanol–water partition coefficient (Wildman–Crippen LogP) is 1.89. The maximum absolute atomic E-state index is 12.8. The van der Waals surface area contributed by atoms with Gasteiger partial charge in [0.1, 0.15) is 11.9 Å². The van der Waals surface area contributed by atoms with Gasteiger partial charge in [0, 0.05) is 25.8 Å². The van der Waals surface area contributed by atoms with E-state index >= 15 is 0 Å². The zero-order valence-corrected chi connectivity index (χ0v) is 14.4. The zero-order valence-electron chi connectivity index (χ0n) is 14.4. The van der Waals surface area contributed by atoms with E-state index in [0.717, 1.165) is 18.3 Å². The molecule has 3 rings (SSSR count). The van der Waals surface area contributed by atoms with Crippen LogP contribution >= 0.6 is 0 Å². The molecular weight excluding hydrogens is 304 g/mol. The normalized spacial score (nSPS) is 20.9. The summed E-state index contributed by atoms with van der Waals surface area (Å²) in [5.74, 6) is 1.75. The lowest BCUT2D eigenvalue weighted by Crippen LogP contribution is -2.57. The van der Waals surface area contributed by atoms with Gasteiger partial charge < -0.3 is 15.5 Å². The first-order chi connectivity index (χ1) is 11.5. The first-order valence-electron chi connectivity index (χ1n) is 8.83. The second-order valence-electron chi connectivity index (χ2n) is 7.19. The number of amides is 2. The van der Waals surface area contributed by atoms with E-state index in [-0.39, 0.29) is 17.9 Å². The first-order valence-corrected chi connectivity index (χ1v) is 8.83. The molecule has 1 aliphatic carbocycles. The summed E-state index contributed by atoms with van der Waals surface area (Å²) < 4.78 is 0. The van der Waals surface area contributed by atoms with Crippen molar-refractivity contribution < 1.29 is 9.59 Å². The molecule has 1 aromatic heterocycles. The summed E-state index contributed by atoms with van der Waals surface area (Å²) in [5, 5.41) is 6.15. The van der Waals surface area contributed by atoms with Crippen LogP contribution in [0.15, 0.2) is 18.3 Å². The topological polar surface area (TPSA) is 74.3 Å². The summed E-state index contributed by atoms with van der Waals surface area (Å²) in [5.41, 5.74) is 0.537. The molecule has 6 nitrogen and oxygen atoms in total. The molecule has 1 aliphatic heterocycles. The van der Waals surface area contributed by atoms with Crippen molar-refractivity contribution in [3.63, 3.8) is 0 Å². The van der Waals surface area contributed by atoms with Crippen LogP contribution in [0, 0.1) is 11.8 Å². The predicted molar refractivity (Wildman–Crippen MR) is 92.7 cm³/mol. The van der Waals surface area contributed by atoms with Crippen LogP contribution in [-0.4, -0.2) is 47.4 Å². The number of nitrogens with one attached hydrogen (secondary N) is 2. The molecule has 130 valence electrons. The highest BCUT2D eigenvalue weighted by molar-refractivity contribution is 5.98. The molecule has 1 saturated heterocycles. The number of hydrogen-bond donors (Lipinski definition) is 2. The van der Waals surface area contributed by atoms with Gasteiger partial charge in [-0.15, -0.1) is 0 Å².